The van der Waals surface area contributed by atoms with Gasteiger partial charge < -0.3 is 4.74 Å². The fraction of sp³-hybridized carbons (Fsp3) is 1.00. The van der Waals surface area contributed by atoms with Crippen LogP contribution in [0.1, 0.15) is 32.1 Å². The lowest BCUT2D eigenvalue weighted by Gasteiger charge is -2.08. The molecular weight excluding hydrogens is 214 g/mol. The second-order valence-electron chi connectivity index (χ2n) is 4.51. The molecule has 0 aromatic heterocycles. The van der Waals surface area contributed by atoms with Crippen LogP contribution in [0.4, 0.5) is 0 Å². The number of ether oxygens (including phenoxy) is 1. The Morgan fingerprint density at radius 3 is 2.67 bits per heavy atom. The molecular formula is C10H19NO3S. The topological polar surface area (TPSA) is 55.4 Å². The zero-order valence-electron chi connectivity index (χ0n) is 8.94. The summed E-state index contributed by atoms with van der Waals surface area (Å²) in [5.41, 5.74) is 0. The zero-order valence-corrected chi connectivity index (χ0v) is 9.76. The third kappa shape index (κ3) is 3.43. The summed E-state index contributed by atoms with van der Waals surface area (Å²) in [6, 6.07) is 0. The fourth-order valence-corrected chi connectivity index (χ4v) is 3.33. The Bertz CT molecular complexity index is 292. The van der Waals surface area contributed by atoms with Crippen LogP contribution in [0.2, 0.25) is 0 Å². The van der Waals surface area contributed by atoms with Crippen LogP contribution >= 0.6 is 0 Å². The minimum absolute atomic E-state index is 0.0905. The van der Waals surface area contributed by atoms with Crippen LogP contribution in [0, 0.1) is 5.92 Å². The van der Waals surface area contributed by atoms with Crippen molar-refractivity contribution < 1.29 is 13.2 Å². The maximum atomic E-state index is 11.5. The van der Waals surface area contributed by atoms with Crippen molar-refractivity contribution >= 4 is 10.0 Å². The maximum Gasteiger partial charge on any atom is 0.214 e. The summed E-state index contributed by atoms with van der Waals surface area (Å²) < 4.78 is 30.8. The molecule has 2 rings (SSSR count). The monoisotopic (exact) mass is 233 g/mol. The number of hydrogen-bond acceptors (Lipinski definition) is 3. The third-order valence-electron chi connectivity index (χ3n) is 3.08. The summed E-state index contributed by atoms with van der Waals surface area (Å²) in [5, 5.41) is -0.0905. The lowest BCUT2D eigenvalue weighted by atomic mass is 10.0. The fourth-order valence-electron chi connectivity index (χ4n) is 1.91. The first-order valence-corrected chi connectivity index (χ1v) is 7.29. The Morgan fingerprint density at radius 2 is 2.07 bits per heavy atom. The van der Waals surface area contributed by atoms with Crippen LogP contribution in [-0.4, -0.2) is 33.4 Å². The van der Waals surface area contributed by atoms with Crippen molar-refractivity contribution in [2.45, 2.75) is 37.4 Å². The molecule has 2 fully saturated rings. The summed E-state index contributed by atoms with van der Waals surface area (Å²) in [4.78, 5) is 0. The maximum absolute atomic E-state index is 11.5. The minimum Gasteiger partial charge on any atom is -0.381 e. The van der Waals surface area contributed by atoms with E-state index in [0.717, 1.165) is 45.3 Å². The van der Waals surface area contributed by atoms with Gasteiger partial charge in [-0.1, -0.05) is 0 Å². The van der Waals surface area contributed by atoms with E-state index in [1.54, 1.807) is 0 Å². The Hall–Kier alpha value is -0.130. The van der Waals surface area contributed by atoms with Crippen molar-refractivity contribution in [1.82, 2.24) is 4.72 Å². The molecule has 5 heteroatoms. The van der Waals surface area contributed by atoms with Gasteiger partial charge in [-0.2, -0.15) is 0 Å². The highest BCUT2D eigenvalue weighted by Gasteiger charge is 2.35. The highest BCUT2D eigenvalue weighted by atomic mass is 32.2. The highest BCUT2D eigenvalue weighted by molar-refractivity contribution is 7.90. The van der Waals surface area contributed by atoms with Gasteiger partial charge >= 0.3 is 0 Å². The van der Waals surface area contributed by atoms with Crippen molar-refractivity contribution in [3.63, 3.8) is 0 Å². The van der Waals surface area contributed by atoms with Gasteiger partial charge in [0.1, 0.15) is 0 Å². The summed E-state index contributed by atoms with van der Waals surface area (Å²) in [7, 11) is -2.96. The van der Waals surface area contributed by atoms with E-state index >= 15 is 0 Å². The first-order chi connectivity index (χ1) is 7.18. The summed E-state index contributed by atoms with van der Waals surface area (Å²) in [5.74, 6) is 0.649. The molecule has 15 heavy (non-hydrogen) atoms. The predicted octanol–water partition coefficient (Wildman–Crippen LogP) is 0.885. The second-order valence-corrected chi connectivity index (χ2v) is 6.56. The first-order valence-electron chi connectivity index (χ1n) is 5.75. The number of sulfonamides is 1. The van der Waals surface area contributed by atoms with E-state index in [9.17, 15) is 8.42 Å². The van der Waals surface area contributed by atoms with Gasteiger partial charge in [-0.15, -0.1) is 0 Å². The Labute approximate surface area is 91.4 Å². The van der Waals surface area contributed by atoms with E-state index < -0.39 is 10.0 Å². The number of rotatable bonds is 6. The molecule has 88 valence electrons. The van der Waals surface area contributed by atoms with Gasteiger partial charge in [0, 0.05) is 19.8 Å². The van der Waals surface area contributed by atoms with Crippen molar-refractivity contribution in [2.75, 3.05) is 19.8 Å². The Balaban J connectivity index is 1.58. The van der Waals surface area contributed by atoms with E-state index in [1.807, 2.05) is 0 Å². The third-order valence-corrected chi connectivity index (χ3v) is 5.04. The van der Waals surface area contributed by atoms with Gasteiger partial charge in [-0.05, 0) is 38.0 Å². The van der Waals surface area contributed by atoms with Crippen LogP contribution in [0.5, 0.6) is 0 Å². The highest BCUT2D eigenvalue weighted by Crippen LogP contribution is 2.27. The average Bonchev–Trinajstić information content (AvgIpc) is 2.94. The van der Waals surface area contributed by atoms with Crippen molar-refractivity contribution in [2.24, 2.45) is 5.92 Å². The molecule has 1 unspecified atom stereocenters. The van der Waals surface area contributed by atoms with E-state index in [1.165, 1.54) is 0 Å². The summed E-state index contributed by atoms with van der Waals surface area (Å²) >= 11 is 0. The largest absolute Gasteiger partial charge is 0.381 e. The quantitative estimate of drug-likeness (QED) is 0.693. The molecule has 1 heterocycles. The molecule has 0 amide bonds. The minimum atomic E-state index is -2.96. The van der Waals surface area contributed by atoms with Gasteiger partial charge in [0.05, 0.1) is 5.25 Å². The Morgan fingerprint density at radius 1 is 1.27 bits per heavy atom. The molecule has 0 spiro atoms. The van der Waals surface area contributed by atoms with Gasteiger partial charge in [0.2, 0.25) is 10.0 Å². The average molecular weight is 233 g/mol. The van der Waals surface area contributed by atoms with E-state index in [4.69, 9.17) is 4.74 Å². The van der Waals surface area contributed by atoms with E-state index in [0.29, 0.717) is 12.5 Å². The van der Waals surface area contributed by atoms with E-state index in [2.05, 4.69) is 4.72 Å². The molecule has 0 radical (unpaired) electrons. The molecule has 1 saturated heterocycles. The van der Waals surface area contributed by atoms with Gasteiger partial charge in [0.25, 0.3) is 0 Å². The molecule has 1 atom stereocenters. The first kappa shape index (κ1) is 11.4. The molecule has 1 saturated carbocycles. The second kappa shape index (κ2) is 4.80. The molecule has 1 aliphatic heterocycles. The lowest BCUT2D eigenvalue weighted by molar-refractivity contribution is 0.184. The Kier molecular flexibility index (Phi) is 3.64. The van der Waals surface area contributed by atoms with Crippen LogP contribution in [-0.2, 0) is 14.8 Å². The van der Waals surface area contributed by atoms with Crippen molar-refractivity contribution in [1.29, 1.82) is 0 Å². The van der Waals surface area contributed by atoms with Crippen LogP contribution < -0.4 is 4.72 Å². The van der Waals surface area contributed by atoms with E-state index in [-0.39, 0.29) is 5.25 Å². The number of nitrogens with one attached hydrogen (secondary N) is 1. The molecule has 2 aliphatic rings. The SMILES string of the molecule is O=S(=O)(NCCCC1CCOC1)C1CC1. The summed E-state index contributed by atoms with van der Waals surface area (Å²) in [6.45, 7) is 2.32. The smallest absolute Gasteiger partial charge is 0.214 e. The normalized spacial score (nSPS) is 27.1. The molecule has 0 bridgehead atoms. The molecule has 4 nitrogen and oxygen atoms in total. The zero-order chi connectivity index (χ0) is 10.7. The van der Waals surface area contributed by atoms with Gasteiger partial charge in [-0.3, -0.25) is 0 Å². The summed E-state index contributed by atoms with van der Waals surface area (Å²) in [6.07, 6.45) is 4.82. The van der Waals surface area contributed by atoms with Gasteiger partial charge in [-0.25, -0.2) is 13.1 Å². The van der Waals surface area contributed by atoms with Crippen LogP contribution in [0.25, 0.3) is 0 Å². The van der Waals surface area contributed by atoms with Crippen LogP contribution in [0.3, 0.4) is 0 Å². The van der Waals surface area contributed by atoms with Crippen molar-refractivity contribution in [3.05, 3.63) is 0 Å². The van der Waals surface area contributed by atoms with Crippen LogP contribution in [0.15, 0.2) is 0 Å². The standard InChI is InChI=1S/C10H19NO3S/c12-15(13,10-3-4-10)11-6-1-2-9-5-7-14-8-9/h9-11H,1-8H2. The lowest BCUT2D eigenvalue weighted by Crippen LogP contribution is -2.28. The predicted molar refractivity (Wildman–Crippen MR) is 58.1 cm³/mol. The van der Waals surface area contributed by atoms with Crippen molar-refractivity contribution in [3.8, 4) is 0 Å². The molecule has 0 aromatic carbocycles. The van der Waals surface area contributed by atoms with Gasteiger partial charge in [0.15, 0.2) is 0 Å². The molecule has 0 aromatic rings. The number of hydrogen-bond donors (Lipinski definition) is 1. The molecule has 1 aliphatic carbocycles. The molecule has 1 N–H and O–H groups in total.